The molecule has 0 unspecified atom stereocenters. The van der Waals surface area contributed by atoms with Crippen LogP contribution in [0.1, 0.15) is 77.1 Å². The molecule has 0 radical (unpaired) electrons. The number of oxazole rings is 1. The number of benzene rings is 3. The monoisotopic (exact) mass is 962 g/mol. The zero-order valence-corrected chi connectivity index (χ0v) is 40.6. The predicted octanol–water partition coefficient (Wildman–Crippen LogP) is 7.06. The highest BCUT2D eigenvalue weighted by molar-refractivity contribution is 7.81. The summed E-state index contributed by atoms with van der Waals surface area (Å²) in [6.07, 6.45) is 2.37. The minimum absolute atomic E-state index is 0.0366. The molecule has 360 valence electrons. The SMILES string of the molecule is Cc1ccc(N2C(=O)C(C)(C)N(c3ccc(OCCCCOCCCOCC(=O)N[C@H](C(=O)N4C[C@H](O)C[C@H]4C(=O)NCc4ccc(-c5ocnc5C)cc4)C(C)(C)C)c(F)c3)C2=S)cc1Cl. The number of aromatic nitrogens is 1. The average Bonchev–Trinajstić information content (AvgIpc) is 3.94. The van der Waals surface area contributed by atoms with Gasteiger partial charge in [-0.2, -0.15) is 0 Å². The Morgan fingerprint density at radius 2 is 1.67 bits per heavy atom. The molecule has 3 heterocycles. The Labute approximate surface area is 401 Å². The van der Waals surface area contributed by atoms with E-state index in [-0.39, 0.29) is 56.1 Å². The lowest BCUT2D eigenvalue weighted by atomic mass is 9.85. The zero-order chi connectivity index (χ0) is 48.6. The van der Waals surface area contributed by atoms with Crippen molar-refractivity contribution in [2.24, 2.45) is 5.41 Å². The number of nitrogens with one attached hydrogen (secondary N) is 2. The first-order valence-corrected chi connectivity index (χ1v) is 23.1. The standard InChI is InChI=1S/C49H60ClFN6O9S/c1-30-11-16-34(23-37(30)50)56-46(62)49(6,7)57(47(56)67)35-17-18-40(38(51)24-35)65-22-9-8-19-63-20-10-21-64-28-41(59)54-43(48(3,4)5)45(61)55-27-36(58)25-39(55)44(60)52-26-32-12-14-33(15-13-32)42-31(2)53-29-66-42/h11-18,23-24,29,36,39,43,58H,8-10,19-22,25-28H2,1-7H3,(H,52,60)(H,54,59)/t36-,39+,43-/m1/s1. The number of nitrogens with zero attached hydrogens (tertiary/aromatic N) is 4. The van der Waals surface area contributed by atoms with E-state index in [2.05, 4.69) is 15.6 Å². The van der Waals surface area contributed by atoms with Crippen molar-refractivity contribution in [3.8, 4) is 17.1 Å². The number of thiocarbonyl (C=S) groups is 1. The number of carbonyl (C=O) groups excluding carboxylic acids is 4. The molecule has 18 heteroatoms. The summed E-state index contributed by atoms with van der Waals surface area (Å²) in [5, 5.41) is 16.9. The van der Waals surface area contributed by atoms with E-state index in [4.69, 9.17) is 42.4 Å². The van der Waals surface area contributed by atoms with Gasteiger partial charge in [-0.1, -0.05) is 62.7 Å². The smallest absolute Gasteiger partial charge is 0.259 e. The molecule has 0 saturated carbocycles. The molecule has 0 aliphatic carbocycles. The second-order valence-electron chi connectivity index (χ2n) is 18.4. The van der Waals surface area contributed by atoms with Gasteiger partial charge in [-0.25, -0.2) is 9.37 Å². The number of ether oxygens (including phenoxy) is 3. The fourth-order valence-corrected chi connectivity index (χ4v) is 8.62. The maximum atomic E-state index is 15.3. The normalized spacial score (nSPS) is 17.6. The maximum absolute atomic E-state index is 15.3. The fraction of sp³-hybridized carbons (Fsp3) is 0.469. The van der Waals surface area contributed by atoms with Crippen LogP contribution in [0.15, 0.2) is 71.5 Å². The molecule has 4 aromatic rings. The van der Waals surface area contributed by atoms with Crippen molar-refractivity contribution in [2.45, 2.75) is 104 Å². The van der Waals surface area contributed by atoms with Crippen molar-refractivity contribution in [2.75, 3.05) is 49.4 Å². The molecule has 0 bridgehead atoms. The summed E-state index contributed by atoms with van der Waals surface area (Å²) in [6, 6.07) is 15.4. The van der Waals surface area contributed by atoms with Crippen LogP contribution in [0.3, 0.4) is 0 Å². The van der Waals surface area contributed by atoms with E-state index < -0.39 is 52.7 Å². The van der Waals surface area contributed by atoms with Gasteiger partial charge >= 0.3 is 0 Å². The van der Waals surface area contributed by atoms with E-state index in [0.717, 1.165) is 22.4 Å². The first-order chi connectivity index (χ1) is 31.8. The van der Waals surface area contributed by atoms with E-state index in [1.807, 2.05) is 65.0 Å². The molecule has 3 aromatic carbocycles. The average molecular weight is 964 g/mol. The van der Waals surface area contributed by atoms with E-state index >= 15 is 4.39 Å². The number of aryl methyl sites for hydroxylation is 2. The largest absolute Gasteiger partial charge is 0.491 e. The predicted molar refractivity (Wildman–Crippen MR) is 256 cm³/mol. The molecule has 2 aliphatic heterocycles. The molecule has 3 atom stereocenters. The fourth-order valence-electron chi connectivity index (χ4n) is 7.92. The number of β-amino-alcohol motifs (C(OH)–C–C–N with tert-alkyl or cyclic N) is 1. The molecule has 4 amide bonds. The topological polar surface area (TPSA) is 176 Å². The van der Waals surface area contributed by atoms with Gasteiger partial charge in [0.2, 0.25) is 17.7 Å². The van der Waals surface area contributed by atoms with Gasteiger partial charge in [-0.15, -0.1) is 0 Å². The van der Waals surface area contributed by atoms with E-state index in [0.29, 0.717) is 54.6 Å². The van der Waals surface area contributed by atoms with Gasteiger partial charge in [0.05, 0.1) is 24.1 Å². The number of anilines is 2. The minimum Gasteiger partial charge on any atom is -0.491 e. The quantitative estimate of drug-likeness (QED) is 0.0609. The summed E-state index contributed by atoms with van der Waals surface area (Å²) in [5.74, 6) is -1.44. The minimum atomic E-state index is -1.08. The molecular weight excluding hydrogens is 903 g/mol. The summed E-state index contributed by atoms with van der Waals surface area (Å²) in [6.45, 7) is 13.9. The Hall–Kier alpha value is -5.46. The third-order valence-electron chi connectivity index (χ3n) is 11.7. The molecule has 0 spiro atoms. The molecule has 2 fully saturated rings. The zero-order valence-electron chi connectivity index (χ0n) is 39.0. The Kier molecular flexibility index (Phi) is 16.8. The van der Waals surface area contributed by atoms with Crippen LogP contribution in [0.4, 0.5) is 15.8 Å². The number of amides is 4. The van der Waals surface area contributed by atoms with Crippen molar-refractivity contribution < 1.29 is 47.3 Å². The highest BCUT2D eigenvalue weighted by Gasteiger charge is 2.50. The molecule has 2 saturated heterocycles. The molecule has 2 aliphatic rings. The number of halogens is 2. The van der Waals surface area contributed by atoms with Crippen LogP contribution < -0.4 is 25.2 Å². The van der Waals surface area contributed by atoms with E-state index in [9.17, 15) is 24.3 Å². The first-order valence-electron chi connectivity index (χ1n) is 22.4. The van der Waals surface area contributed by atoms with Crippen LogP contribution in [-0.2, 0) is 35.2 Å². The van der Waals surface area contributed by atoms with E-state index in [1.165, 1.54) is 28.3 Å². The molecule has 1 aromatic heterocycles. The third kappa shape index (κ3) is 12.4. The van der Waals surface area contributed by atoms with Gasteiger partial charge in [-0.05, 0) is 100.0 Å². The lowest BCUT2D eigenvalue weighted by molar-refractivity contribution is -0.144. The Morgan fingerprint density at radius 1 is 0.985 bits per heavy atom. The van der Waals surface area contributed by atoms with Crippen LogP contribution in [-0.4, -0.2) is 107 Å². The second-order valence-corrected chi connectivity index (χ2v) is 19.2. The van der Waals surface area contributed by atoms with Gasteiger partial charge in [0.25, 0.3) is 5.91 Å². The van der Waals surface area contributed by atoms with Crippen LogP contribution in [0, 0.1) is 25.1 Å². The maximum Gasteiger partial charge on any atom is 0.259 e. The van der Waals surface area contributed by atoms with E-state index in [1.54, 1.807) is 36.9 Å². The number of rotatable bonds is 20. The molecule has 15 nitrogen and oxygen atoms in total. The molecule has 6 rings (SSSR count). The van der Waals surface area contributed by atoms with Crippen LogP contribution >= 0.6 is 23.8 Å². The highest BCUT2D eigenvalue weighted by Crippen LogP contribution is 2.39. The number of aliphatic hydroxyl groups is 1. The molecule has 3 N–H and O–H groups in total. The number of hydrogen-bond donors (Lipinski definition) is 3. The third-order valence-corrected chi connectivity index (χ3v) is 12.5. The summed E-state index contributed by atoms with van der Waals surface area (Å²) in [7, 11) is 0. The lowest BCUT2D eigenvalue weighted by Gasteiger charge is -2.35. The van der Waals surface area contributed by atoms with Gasteiger partial charge in [-0.3, -0.25) is 24.1 Å². The van der Waals surface area contributed by atoms with Gasteiger partial charge in [0.15, 0.2) is 28.8 Å². The van der Waals surface area contributed by atoms with Crippen LogP contribution in [0.5, 0.6) is 5.75 Å². The van der Waals surface area contributed by atoms with Crippen molar-refractivity contribution >= 4 is 63.9 Å². The van der Waals surface area contributed by atoms with Crippen molar-refractivity contribution in [1.29, 1.82) is 0 Å². The summed E-state index contributed by atoms with van der Waals surface area (Å²) < 4.78 is 37.7. The molecule has 67 heavy (non-hydrogen) atoms. The number of unbranched alkanes of at least 4 members (excludes halogenated alkanes) is 1. The Morgan fingerprint density at radius 3 is 2.34 bits per heavy atom. The highest BCUT2D eigenvalue weighted by atomic mass is 35.5. The Balaban J connectivity index is 0.866. The Bertz CT molecular complexity index is 2430. The van der Waals surface area contributed by atoms with Crippen molar-refractivity contribution in [1.82, 2.24) is 20.5 Å². The van der Waals surface area contributed by atoms with Crippen molar-refractivity contribution in [3.05, 3.63) is 94.7 Å². The number of hydrogen-bond acceptors (Lipinski definition) is 11. The summed E-state index contributed by atoms with van der Waals surface area (Å²) in [4.78, 5) is 62.3. The molecular formula is C49H60ClFN6O9S. The van der Waals surface area contributed by atoms with Gasteiger partial charge < -0.3 is 44.2 Å². The van der Waals surface area contributed by atoms with Crippen LogP contribution in [0.2, 0.25) is 5.02 Å². The number of likely N-dealkylation sites (tertiary alicyclic amines) is 1. The summed E-state index contributed by atoms with van der Waals surface area (Å²) >= 11 is 12.1. The second kappa shape index (κ2) is 22.1. The van der Waals surface area contributed by atoms with Crippen molar-refractivity contribution in [3.63, 3.8) is 0 Å². The van der Waals surface area contributed by atoms with Gasteiger partial charge in [0.1, 0.15) is 24.2 Å². The number of carbonyl (C=O) groups is 4. The van der Waals surface area contributed by atoms with Crippen LogP contribution in [0.25, 0.3) is 11.3 Å². The lowest BCUT2D eigenvalue weighted by Crippen LogP contribution is -2.58. The summed E-state index contributed by atoms with van der Waals surface area (Å²) in [5.41, 5.74) is 2.50. The number of aliphatic hydroxyl groups excluding tert-OH is 1. The van der Waals surface area contributed by atoms with Gasteiger partial charge in [0, 0.05) is 61.7 Å². The first kappa shape index (κ1) is 50.9.